The van der Waals surface area contributed by atoms with Gasteiger partial charge in [0.15, 0.2) is 0 Å². The van der Waals surface area contributed by atoms with Gasteiger partial charge in [0.1, 0.15) is 28.9 Å². The van der Waals surface area contributed by atoms with E-state index in [1.807, 2.05) is 36.4 Å². The van der Waals surface area contributed by atoms with Crippen molar-refractivity contribution >= 4 is 17.2 Å². The van der Waals surface area contributed by atoms with E-state index >= 15 is 0 Å². The first-order chi connectivity index (χ1) is 15.1. The summed E-state index contributed by atoms with van der Waals surface area (Å²) in [5.74, 6) is 0.217. The largest absolute Gasteiger partial charge is 0.489 e. The summed E-state index contributed by atoms with van der Waals surface area (Å²) < 4.78 is 18.8. The standard InChI is InChI=1S/C25H21FN2O2S/c1-17-3-2-4-19(13-17)15-30-22-11-7-20(8-12-22)25-28-23(16-31-25)24(29)27-14-18-5-9-21(26)10-6-18/h2-13,16H,14-15H2,1H3,(H,27,29). The molecule has 0 aliphatic rings. The van der Waals surface area contributed by atoms with Crippen molar-refractivity contribution in [3.05, 3.63) is 106 Å². The summed E-state index contributed by atoms with van der Waals surface area (Å²) in [6.45, 7) is 2.89. The molecule has 1 amide bonds. The van der Waals surface area contributed by atoms with E-state index in [0.717, 1.165) is 27.4 Å². The molecule has 1 heterocycles. The number of benzene rings is 3. The Hall–Kier alpha value is -3.51. The molecule has 31 heavy (non-hydrogen) atoms. The second-order valence-electron chi connectivity index (χ2n) is 7.15. The van der Waals surface area contributed by atoms with Gasteiger partial charge in [-0.3, -0.25) is 4.79 Å². The molecule has 4 aromatic rings. The normalized spacial score (nSPS) is 10.6. The van der Waals surface area contributed by atoms with Crippen LogP contribution >= 0.6 is 11.3 Å². The third-order valence-electron chi connectivity index (χ3n) is 4.69. The number of hydrogen-bond donors (Lipinski definition) is 1. The lowest BCUT2D eigenvalue weighted by Gasteiger charge is -2.07. The highest BCUT2D eigenvalue weighted by atomic mass is 32.1. The van der Waals surface area contributed by atoms with Crippen LogP contribution in [0.4, 0.5) is 4.39 Å². The van der Waals surface area contributed by atoms with Crippen LogP contribution in [0.1, 0.15) is 27.2 Å². The van der Waals surface area contributed by atoms with Gasteiger partial charge < -0.3 is 10.1 Å². The van der Waals surface area contributed by atoms with Crippen LogP contribution in [0.2, 0.25) is 0 Å². The fourth-order valence-electron chi connectivity index (χ4n) is 3.05. The van der Waals surface area contributed by atoms with E-state index in [0.29, 0.717) is 18.8 Å². The maximum Gasteiger partial charge on any atom is 0.271 e. The Balaban J connectivity index is 1.34. The minimum absolute atomic E-state index is 0.259. The van der Waals surface area contributed by atoms with E-state index in [9.17, 15) is 9.18 Å². The number of amides is 1. The zero-order valence-corrected chi connectivity index (χ0v) is 17.8. The third kappa shape index (κ3) is 5.55. The number of hydrogen-bond acceptors (Lipinski definition) is 4. The Kier molecular flexibility index (Phi) is 6.38. The molecule has 3 aromatic carbocycles. The molecule has 1 N–H and O–H groups in total. The number of aryl methyl sites for hydroxylation is 1. The SMILES string of the molecule is Cc1cccc(COc2ccc(-c3nc(C(=O)NCc4ccc(F)cc4)cs3)cc2)c1. The minimum Gasteiger partial charge on any atom is -0.489 e. The van der Waals surface area contributed by atoms with Crippen molar-refractivity contribution < 1.29 is 13.9 Å². The summed E-state index contributed by atoms with van der Waals surface area (Å²) in [4.78, 5) is 16.8. The lowest BCUT2D eigenvalue weighted by atomic mass is 10.1. The van der Waals surface area contributed by atoms with Crippen LogP contribution in [0.15, 0.2) is 78.2 Å². The van der Waals surface area contributed by atoms with Crippen LogP contribution in [0, 0.1) is 12.7 Å². The summed E-state index contributed by atoms with van der Waals surface area (Å²) in [6, 6.07) is 21.9. The molecular formula is C25H21FN2O2S. The summed E-state index contributed by atoms with van der Waals surface area (Å²) >= 11 is 1.41. The molecule has 4 rings (SSSR count). The number of thiazole rings is 1. The first-order valence-electron chi connectivity index (χ1n) is 9.84. The van der Waals surface area contributed by atoms with Crippen molar-refractivity contribution in [3.8, 4) is 16.3 Å². The highest BCUT2D eigenvalue weighted by Gasteiger charge is 2.12. The Bertz CT molecular complexity index is 1170. The maximum absolute atomic E-state index is 13.0. The lowest BCUT2D eigenvalue weighted by molar-refractivity contribution is 0.0946. The fourth-order valence-corrected chi connectivity index (χ4v) is 3.85. The van der Waals surface area contributed by atoms with E-state index < -0.39 is 0 Å². The summed E-state index contributed by atoms with van der Waals surface area (Å²) in [6.07, 6.45) is 0. The van der Waals surface area contributed by atoms with E-state index in [1.54, 1.807) is 17.5 Å². The number of rotatable bonds is 7. The van der Waals surface area contributed by atoms with Crippen LogP contribution in [0.5, 0.6) is 5.75 Å². The molecule has 6 heteroatoms. The summed E-state index contributed by atoms with van der Waals surface area (Å²) in [7, 11) is 0. The van der Waals surface area contributed by atoms with Gasteiger partial charge in [0.05, 0.1) is 0 Å². The Morgan fingerprint density at radius 3 is 2.55 bits per heavy atom. The van der Waals surface area contributed by atoms with Crippen LogP contribution in [-0.4, -0.2) is 10.9 Å². The van der Waals surface area contributed by atoms with Gasteiger partial charge in [-0.25, -0.2) is 9.37 Å². The zero-order chi connectivity index (χ0) is 21.6. The van der Waals surface area contributed by atoms with Crippen molar-refractivity contribution in [2.24, 2.45) is 0 Å². The molecule has 0 bridgehead atoms. The van der Waals surface area contributed by atoms with Crippen molar-refractivity contribution in [2.75, 3.05) is 0 Å². The van der Waals surface area contributed by atoms with E-state index in [1.165, 1.54) is 29.0 Å². The topological polar surface area (TPSA) is 51.2 Å². The number of carbonyl (C=O) groups is 1. The van der Waals surface area contributed by atoms with Crippen molar-refractivity contribution in [3.63, 3.8) is 0 Å². The Morgan fingerprint density at radius 2 is 1.81 bits per heavy atom. The van der Waals surface area contributed by atoms with E-state index in [-0.39, 0.29) is 11.7 Å². The minimum atomic E-state index is -0.300. The van der Waals surface area contributed by atoms with Gasteiger partial charge in [-0.2, -0.15) is 0 Å². The predicted molar refractivity (Wildman–Crippen MR) is 121 cm³/mol. The highest BCUT2D eigenvalue weighted by Crippen LogP contribution is 2.26. The highest BCUT2D eigenvalue weighted by molar-refractivity contribution is 7.13. The second kappa shape index (κ2) is 9.53. The molecule has 0 saturated heterocycles. The van der Waals surface area contributed by atoms with Gasteiger partial charge in [0.25, 0.3) is 5.91 Å². The number of nitrogens with zero attached hydrogens (tertiary/aromatic N) is 1. The van der Waals surface area contributed by atoms with Gasteiger partial charge >= 0.3 is 0 Å². The summed E-state index contributed by atoms with van der Waals surface area (Å²) in [5.41, 5.74) is 4.44. The first-order valence-corrected chi connectivity index (χ1v) is 10.7. The van der Waals surface area contributed by atoms with Crippen LogP contribution in [0.3, 0.4) is 0 Å². The monoisotopic (exact) mass is 432 g/mol. The second-order valence-corrected chi connectivity index (χ2v) is 8.01. The van der Waals surface area contributed by atoms with Gasteiger partial charge in [0, 0.05) is 17.5 Å². The van der Waals surface area contributed by atoms with Gasteiger partial charge in [-0.05, 0) is 54.4 Å². The molecule has 0 saturated carbocycles. The number of halogens is 1. The lowest BCUT2D eigenvalue weighted by Crippen LogP contribution is -2.23. The molecular weight excluding hydrogens is 411 g/mol. The van der Waals surface area contributed by atoms with Crippen LogP contribution < -0.4 is 10.1 Å². The average molecular weight is 433 g/mol. The van der Waals surface area contributed by atoms with Crippen molar-refractivity contribution in [1.29, 1.82) is 0 Å². The quantitative estimate of drug-likeness (QED) is 0.404. The van der Waals surface area contributed by atoms with E-state index in [4.69, 9.17) is 4.74 Å². The number of ether oxygens (including phenoxy) is 1. The van der Waals surface area contributed by atoms with Crippen LogP contribution in [-0.2, 0) is 13.2 Å². The first kappa shape index (κ1) is 20.8. The third-order valence-corrected chi connectivity index (χ3v) is 5.58. The molecule has 0 atom stereocenters. The molecule has 1 aromatic heterocycles. The maximum atomic E-state index is 13.0. The smallest absolute Gasteiger partial charge is 0.271 e. The molecule has 0 fully saturated rings. The number of nitrogens with one attached hydrogen (secondary N) is 1. The van der Waals surface area contributed by atoms with Gasteiger partial charge in [-0.15, -0.1) is 11.3 Å². The summed E-state index contributed by atoms with van der Waals surface area (Å²) in [5, 5.41) is 5.30. The fraction of sp³-hybridized carbons (Fsp3) is 0.120. The van der Waals surface area contributed by atoms with Gasteiger partial charge in [0.2, 0.25) is 0 Å². The Morgan fingerprint density at radius 1 is 1.03 bits per heavy atom. The molecule has 0 spiro atoms. The van der Waals surface area contributed by atoms with E-state index in [2.05, 4.69) is 29.4 Å². The molecule has 4 nitrogen and oxygen atoms in total. The van der Waals surface area contributed by atoms with Crippen molar-refractivity contribution in [1.82, 2.24) is 10.3 Å². The Labute approximate surface area is 184 Å². The number of aromatic nitrogens is 1. The molecule has 0 radical (unpaired) electrons. The molecule has 156 valence electrons. The van der Waals surface area contributed by atoms with Gasteiger partial charge in [-0.1, -0.05) is 42.0 Å². The molecule has 0 aliphatic carbocycles. The van der Waals surface area contributed by atoms with Crippen LogP contribution in [0.25, 0.3) is 10.6 Å². The number of carbonyl (C=O) groups excluding carboxylic acids is 1. The average Bonchev–Trinajstić information content (AvgIpc) is 3.28. The predicted octanol–water partition coefficient (Wildman–Crippen LogP) is 5.77. The molecule has 0 unspecified atom stereocenters. The zero-order valence-electron chi connectivity index (χ0n) is 17.0. The molecule has 0 aliphatic heterocycles. The van der Waals surface area contributed by atoms with Crippen molar-refractivity contribution in [2.45, 2.75) is 20.1 Å².